The Kier molecular flexibility index (Phi) is 5.01. The van der Waals surface area contributed by atoms with E-state index in [9.17, 15) is 34.2 Å². The summed E-state index contributed by atoms with van der Waals surface area (Å²) in [4.78, 5) is 68.0. The predicted molar refractivity (Wildman–Crippen MR) is 118 cm³/mol. The van der Waals surface area contributed by atoms with E-state index >= 15 is 0 Å². The van der Waals surface area contributed by atoms with Gasteiger partial charge in [-0.1, -0.05) is 12.1 Å². The highest BCUT2D eigenvalue weighted by Crippen LogP contribution is 2.32. The molecule has 0 saturated heterocycles. The van der Waals surface area contributed by atoms with Crippen LogP contribution < -0.4 is 10.2 Å². The van der Waals surface area contributed by atoms with Crippen molar-refractivity contribution in [3.63, 3.8) is 0 Å². The number of hydrogen-bond acceptors (Lipinski definition) is 7. The Morgan fingerprint density at radius 1 is 0.971 bits per heavy atom. The van der Waals surface area contributed by atoms with E-state index in [1.54, 1.807) is 12.1 Å². The number of nitrogens with one attached hydrogen (secondary N) is 1. The monoisotopic (exact) mass is 476 g/mol. The van der Waals surface area contributed by atoms with Crippen LogP contribution in [0.1, 0.15) is 42.3 Å². The highest BCUT2D eigenvalue weighted by Gasteiger charge is 2.38. The van der Waals surface area contributed by atoms with E-state index < -0.39 is 29.9 Å². The Bertz CT molecular complexity index is 1410. The molecule has 0 fully saturated rings. The summed E-state index contributed by atoms with van der Waals surface area (Å²) < 4.78 is 0.696. The molecule has 0 unspecified atom stereocenters. The van der Waals surface area contributed by atoms with Crippen LogP contribution in [-0.4, -0.2) is 66.3 Å². The first-order chi connectivity index (χ1) is 16.8. The fourth-order valence-corrected chi connectivity index (χ4v) is 4.18. The number of imide groups is 1. The number of anilines is 2. The maximum absolute atomic E-state index is 13.2. The van der Waals surface area contributed by atoms with Gasteiger partial charge in [0.2, 0.25) is 0 Å². The molecular formula is C22H16N6O7. The largest absolute Gasteiger partial charge is 0.465 e. The molecule has 35 heavy (non-hydrogen) atoms. The van der Waals surface area contributed by atoms with Crippen molar-refractivity contribution in [1.82, 2.24) is 19.7 Å². The fraction of sp³-hybridized carbons (Fsp3) is 0.136. The second-order valence-electron chi connectivity index (χ2n) is 7.76. The lowest BCUT2D eigenvalue weighted by Crippen LogP contribution is -2.36. The Morgan fingerprint density at radius 3 is 2.29 bits per heavy atom. The van der Waals surface area contributed by atoms with E-state index in [1.165, 1.54) is 30.6 Å². The average molecular weight is 476 g/mol. The third kappa shape index (κ3) is 3.45. The zero-order valence-corrected chi connectivity index (χ0v) is 17.8. The number of hydrogen-bond donors (Lipinski definition) is 3. The molecule has 2 aliphatic heterocycles. The van der Waals surface area contributed by atoms with Crippen molar-refractivity contribution in [2.75, 3.05) is 16.8 Å². The van der Waals surface area contributed by atoms with Gasteiger partial charge >= 0.3 is 12.2 Å². The molecule has 0 saturated carbocycles. The number of nitrogens with zero attached hydrogens (tertiary/aromatic N) is 5. The van der Waals surface area contributed by atoms with Crippen LogP contribution in [0, 0.1) is 0 Å². The van der Waals surface area contributed by atoms with Gasteiger partial charge in [-0.2, -0.15) is 4.68 Å². The number of fused-ring (bicyclic) bond motifs is 2. The lowest BCUT2D eigenvalue weighted by atomic mass is 10.1. The van der Waals surface area contributed by atoms with Crippen LogP contribution >= 0.6 is 0 Å². The molecule has 2 aliphatic rings. The molecule has 1 aromatic carbocycles. The van der Waals surface area contributed by atoms with Crippen LogP contribution in [0.25, 0.3) is 0 Å². The highest BCUT2D eigenvalue weighted by molar-refractivity contribution is 6.35. The van der Waals surface area contributed by atoms with Gasteiger partial charge in [0.05, 0.1) is 40.8 Å². The SMILES string of the molecule is O=C(Nc1nn(C(=O)O)c2c1CN(C(=O)O)CC2)c1ccncc1N1C(=O)c2ccccc2C1=O. The molecule has 176 valence electrons. The average Bonchev–Trinajstić information content (AvgIpc) is 3.33. The van der Waals surface area contributed by atoms with E-state index in [4.69, 9.17) is 0 Å². The van der Waals surface area contributed by atoms with Crippen LogP contribution in [0.3, 0.4) is 0 Å². The number of amides is 4. The van der Waals surface area contributed by atoms with Crippen molar-refractivity contribution in [3.05, 3.63) is 70.7 Å². The Morgan fingerprint density at radius 2 is 1.66 bits per heavy atom. The summed E-state index contributed by atoms with van der Waals surface area (Å²) in [6, 6.07) is 7.55. The first-order valence-corrected chi connectivity index (χ1v) is 10.3. The van der Waals surface area contributed by atoms with Crippen LogP contribution in [0.4, 0.5) is 21.1 Å². The van der Waals surface area contributed by atoms with Crippen molar-refractivity contribution < 1.29 is 34.2 Å². The minimum Gasteiger partial charge on any atom is -0.465 e. The highest BCUT2D eigenvalue weighted by atomic mass is 16.4. The van der Waals surface area contributed by atoms with Gasteiger partial charge in [0.1, 0.15) is 0 Å². The summed E-state index contributed by atoms with van der Waals surface area (Å²) in [5, 5.41) is 25.3. The molecule has 13 heteroatoms. The molecule has 2 aromatic heterocycles. The third-order valence-electron chi connectivity index (χ3n) is 5.82. The molecule has 0 bridgehead atoms. The van der Waals surface area contributed by atoms with E-state index in [-0.39, 0.29) is 59.0 Å². The number of aromatic nitrogens is 3. The second-order valence-corrected chi connectivity index (χ2v) is 7.76. The molecule has 0 atom stereocenters. The quantitative estimate of drug-likeness (QED) is 0.477. The topological polar surface area (TPSA) is 175 Å². The molecule has 0 spiro atoms. The number of pyridine rings is 1. The number of benzene rings is 1. The van der Waals surface area contributed by atoms with E-state index in [0.29, 0.717) is 4.68 Å². The van der Waals surface area contributed by atoms with E-state index in [0.717, 1.165) is 9.80 Å². The minimum absolute atomic E-state index is 0.0603. The first-order valence-electron chi connectivity index (χ1n) is 10.3. The van der Waals surface area contributed by atoms with Crippen LogP contribution in [0.15, 0.2) is 42.7 Å². The zero-order chi connectivity index (χ0) is 24.9. The first kappa shape index (κ1) is 21.8. The summed E-state index contributed by atoms with van der Waals surface area (Å²) in [5.41, 5.74) is 0.742. The number of carbonyl (C=O) groups excluding carboxylic acids is 3. The molecular weight excluding hydrogens is 460 g/mol. The third-order valence-corrected chi connectivity index (χ3v) is 5.82. The van der Waals surface area contributed by atoms with Gasteiger partial charge in [-0.25, -0.2) is 14.5 Å². The normalized spacial score (nSPS) is 14.5. The lowest BCUT2D eigenvalue weighted by Gasteiger charge is -2.24. The van der Waals surface area contributed by atoms with Gasteiger partial charge in [-0.3, -0.25) is 19.4 Å². The second kappa shape index (κ2) is 8.06. The zero-order valence-electron chi connectivity index (χ0n) is 17.8. The van der Waals surface area contributed by atoms with Crippen molar-refractivity contribution in [2.24, 2.45) is 0 Å². The summed E-state index contributed by atoms with van der Waals surface area (Å²) in [6.07, 6.45) is 0.00767. The van der Waals surface area contributed by atoms with Gasteiger partial charge in [-0.05, 0) is 18.2 Å². The number of carbonyl (C=O) groups is 5. The maximum atomic E-state index is 13.2. The number of carboxylic acid groups (broad SMARTS) is 2. The summed E-state index contributed by atoms with van der Waals surface area (Å²) in [6.45, 7) is -0.0991. The standard InChI is InChI=1S/C22H16N6O7/c29-18(24-17-14-10-26(21(32)33)8-6-15(14)28(25-17)22(34)35)13-5-7-23-9-16(13)27-19(30)11-3-1-2-4-12(11)20(27)31/h1-5,7,9H,6,8,10H2,(H,32,33)(H,34,35)(H,24,25,29). The molecule has 0 aliphatic carbocycles. The predicted octanol–water partition coefficient (Wildman–Crippen LogP) is 1.89. The number of rotatable bonds is 3. The Hall–Kier alpha value is -5.07. The van der Waals surface area contributed by atoms with Gasteiger partial charge in [0, 0.05) is 24.7 Å². The van der Waals surface area contributed by atoms with Crippen LogP contribution in [0.2, 0.25) is 0 Å². The Balaban J connectivity index is 1.51. The molecule has 4 amide bonds. The molecule has 5 rings (SSSR count). The van der Waals surface area contributed by atoms with Crippen LogP contribution in [0.5, 0.6) is 0 Å². The van der Waals surface area contributed by atoms with Gasteiger partial charge < -0.3 is 20.4 Å². The molecule has 4 heterocycles. The smallest absolute Gasteiger partial charge is 0.432 e. The summed E-state index contributed by atoms with van der Waals surface area (Å²) >= 11 is 0. The lowest BCUT2D eigenvalue weighted by molar-refractivity contribution is 0.0925. The van der Waals surface area contributed by atoms with Crippen molar-refractivity contribution in [3.8, 4) is 0 Å². The van der Waals surface area contributed by atoms with Gasteiger partial charge in [-0.15, -0.1) is 5.10 Å². The van der Waals surface area contributed by atoms with Gasteiger partial charge in [0.25, 0.3) is 17.7 Å². The molecule has 3 aromatic rings. The van der Waals surface area contributed by atoms with E-state index in [2.05, 4.69) is 15.4 Å². The van der Waals surface area contributed by atoms with Crippen molar-refractivity contribution >= 4 is 41.4 Å². The van der Waals surface area contributed by atoms with Crippen molar-refractivity contribution in [2.45, 2.75) is 13.0 Å². The van der Waals surface area contributed by atoms with Crippen molar-refractivity contribution in [1.29, 1.82) is 0 Å². The molecule has 0 radical (unpaired) electrons. The fourth-order valence-electron chi connectivity index (χ4n) is 4.18. The summed E-state index contributed by atoms with van der Waals surface area (Å²) in [7, 11) is 0. The summed E-state index contributed by atoms with van der Waals surface area (Å²) in [5.74, 6) is -2.15. The van der Waals surface area contributed by atoms with Gasteiger partial charge in [0.15, 0.2) is 5.82 Å². The maximum Gasteiger partial charge on any atom is 0.432 e. The molecule has 13 nitrogen and oxygen atoms in total. The van der Waals surface area contributed by atoms with Crippen LogP contribution in [-0.2, 0) is 13.0 Å². The van der Waals surface area contributed by atoms with E-state index in [1.807, 2.05) is 0 Å². The minimum atomic E-state index is -1.39. The molecule has 3 N–H and O–H groups in total. The Labute approximate surface area is 196 Å².